The van der Waals surface area contributed by atoms with Gasteiger partial charge in [0.2, 0.25) is 0 Å². The molecule has 8 heteroatoms. The SMILES string of the molecule is CCc1ccc(OCc2c(C(=O)Nc3ccc(C)cc3[N+](=O)[O-])noc2C)cc1. The summed E-state index contributed by atoms with van der Waals surface area (Å²) >= 11 is 0. The van der Waals surface area contributed by atoms with Crippen LogP contribution in [0.3, 0.4) is 0 Å². The van der Waals surface area contributed by atoms with Crippen LogP contribution in [0.5, 0.6) is 5.75 Å². The second kappa shape index (κ2) is 8.55. The largest absolute Gasteiger partial charge is 0.489 e. The third-order valence-electron chi connectivity index (χ3n) is 4.51. The molecule has 0 aliphatic carbocycles. The molecule has 0 saturated heterocycles. The summed E-state index contributed by atoms with van der Waals surface area (Å²) in [6, 6.07) is 12.2. The Hall–Kier alpha value is -3.68. The maximum absolute atomic E-state index is 12.7. The third kappa shape index (κ3) is 4.60. The molecule has 0 atom stereocenters. The fraction of sp³-hybridized carbons (Fsp3) is 0.238. The zero-order valence-corrected chi connectivity index (χ0v) is 16.4. The van der Waals surface area contributed by atoms with Crippen LogP contribution in [0.15, 0.2) is 47.0 Å². The molecule has 8 nitrogen and oxygen atoms in total. The minimum absolute atomic E-state index is 0.0301. The zero-order valence-electron chi connectivity index (χ0n) is 16.4. The van der Waals surface area contributed by atoms with Crippen LogP contribution < -0.4 is 10.1 Å². The molecule has 0 radical (unpaired) electrons. The van der Waals surface area contributed by atoms with Gasteiger partial charge in [-0.25, -0.2) is 0 Å². The summed E-state index contributed by atoms with van der Waals surface area (Å²) in [5.74, 6) is 0.496. The molecule has 29 heavy (non-hydrogen) atoms. The molecule has 2 aromatic carbocycles. The van der Waals surface area contributed by atoms with Crippen molar-refractivity contribution in [2.45, 2.75) is 33.8 Å². The molecule has 0 saturated carbocycles. The number of carbonyl (C=O) groups is 1. The van der Waals surface area contributed by atoms with E-state index in [2.05, 4.69) is 17.4 Å². The fourth-order valence-electron chi connectivity index (χ4n) is 2.80. The van der Waals surface area contributed by atoms with Crippen molar-refractivity contribution in [3.8, 4) is 5.75 Å². The number of hydrogen-bond acceptors (Lipinski definition) is 6. The fourth-order valence-corrected chi connectivity index (χ4v) is 2.80. The first kappa shape index (κ1) is 20.1. The van der Waals surface area contributed by atoms with E-state index in [1.54, 1.807) is 19.9 Å². The van der Waals surface area contributed by atoms with E-state index >= 15 is 0 Å². The van der Waals surface area contributed by atoms with Crippen molar-refractivity contribution in [2.75, 3.05) is 5.32 Å². The van der Waals surface area contributed by atoms with Gasteiger partial charge < -0.3 is 14.6 Å². The molecular weight excluding hydrogens is 374 g/mol. The molecule has 0 aliphatic heterocycles. The first-order valence-corrected chi connectivity index (χ1v) is 9.12. The Morgan fingerprint density at radius 1 is 1.21 bits per heavy atom. The van der Waals surface area contributed by atoms with Gasteiger partial charge in [0.15, 0.2) is 5.69 Å². The van der Waals surface area contributed by atoms with E-state index in [0.717, 1.165) is 12.0 Å². The number of nitro benzene ring substituents is 1. The molecular formula is C21H21N3O5. The number of benzene rings is 2. The second-order valence-corrected chi connectivity index (χ2v) is 6.58. The van der Waals surface area contributed by atoms with Gasteiger partial charge in [0, 0.05) is 6.07 Å². The van der Waals surface area contributed by atoms with E-state index in [-0.39, 0.29) is 23.7 Å². The summed E-state index contributed by atoms with van der Waals surface area (Å²) in [7, 11) is 0. The molecule has 0 bridgehead atoms. The number of nitrogens with zero attached hydrogens (tertiary/aromatic N) is 2. The van der Waals surface area contributed by atoms with Crippen LogP contribution in [0.25, 0.3) is 0 Å². The van der Waals surface area contributed by atoms with Crippen LogP contribution in [0.2, 0.25) is 0 Å². The highest BCUT2D eigenvalue weighted by Gasteiger charge is 2.23. The van der Waals surface area contributed by atoms with Crippen molar-refractivity contribution in [1.82, 2.24) is 5.16 Å². The van der Waals surface area contributed by atoms with Crippen LogP contribution in [-0.4, -0.2) is 16.0 Å². The van der Waals surface area contributed by atoms with Crippen LogP contribution in [0.4, 0.5) is 11.4 Å². The first-order valence-electron chi connectivity index (χ1n) is 9.12. The van der Waals surface area contributed by atoms with E-state index in [4.69, 9.17) is 9.26 Å². The van der Waals surface area contributed by atoms with Gasteiger partial charge in [0.05, 0.1) is 10.5 Å². The van der Waals surface area contributed by atoms with E-state index in [1.807, 2.05) is 24.3 Å². The van der Waals surface area contributed by atoms with Crippen LogP contribution in [-0.2, 0) is 13.0 Å². The highest BCUT2D eigenvalue weighted by atomic mass is 16.6. The second-order valence-electron chi connectivity index (χ2n) is 6.58. The number of hydrogen-bond donors (Lipinski definition) is 1. The Morgan fingerprint density at radius 2 is 1.93 bits per heavy atom. The third-order valence-corrected chi connectivity index (χ3v) is 4.51. The van der Waals surface area contributed by atoms with E-state index in [1.165, 1.54) is 17.7 Å². The average Bonchev–Trinajstić information content (AvgIpc) is 3.08. The quantitative estimate of drug-likeness (QED) is 0.463. The number of ether oxygens (including phenoxy) is 1. The number of nitro groups is 1. The zero-order chi connectivity index (χ0) is 21.0. The number of aryl methyl sites for hydroxylation is 3. The molecule has 1 N–H and O–H groups in total. The molecule has 0 unspecified atom stereocenters. The highest BCUT2D eigenvalue weighted by Crippen LogP contribution is 2.26. The van der Waals surface area contributed by atoms with Gasteiger partial charge in [0.1, 0.15) is 23.8 Å². The molecule has 0 spiro atoms. The number of nitrogens with one attached hydrogen (secondary N) is 1. The van der Waals surface area contributed by atoms with Gasteiger partial charge in [-0.2, -0.15) is 0 Å². The molecule has 3 rings (SSSR count). The summed E-state index contributed by atoms with van der Waals surface area (Å²) in [6.45, 7) is 5.57. The lowest BCUT2D eigenvalue weighted by Crippen LogP contribution is -2.16. The number of amides is 1. The topological polar surface area (TPSA) is 108 Å². The van der Waals surface area contributed by atoms with Gasteiger partial charge in [0.25, 0.3) is 11.6 Å². The summed E-state index contributed by atoms with van der Waals surface area (Å²) < 4.78 is 10.9. The van der Waals surface area contributed by atoms with Crippen LogP contribution in [0.1, 0.15) is 39.9 Å². The van der Waals surface area contributed by atoms with Crippen molar-refractivity contribution in [3.63, 3.8) is 0 Å². The molecule has 1 amide bonds. The summed E-state index contributed by atoms with van der Waals surface area (Å²) in [5.41, 5.74) is 2.33. The number of carbonyl (C=O) groups excluding carboxylic acids is 1. The molecule has 3 aromatic rings. The lowest BCUT2D eigenvalue weighted by Gasteiger charge is -2.08. The minimum Gasteiger partial charge on any atom is -0.489 e. The Morgan fingerprint density at radius 3 is 2.59 bits per heavy atom. The predicted octanol–water partition coefficient (Wildman–Crippen LogP) is 4.59. The average molecular weight is 395 g/mol. The number of anilines is 1. The summed E-state index contributed by atoms with van der Waals surface area (Å²) in [6.07, 6.45) is 0.931. The smallest absolute Gasteiger partial charge is 0.293 e. The van der Waals surface area contributed by atoms with Gasteiger partial charge >= 0.3 is 0 Å². The van der Waals surface area contributed by atoms with E-state index in [9.17, 15) is 14.9 Å². The standard InChI is InChI=1S/C21H21N3O5/c1-4-15-6-8-16(9-7-15)28-12-17-14(3)29-23-20(17)21(25)22-18-10-5-13(2)11-19(18)24(26)27/h5-11H,4,12H2,1-3H3,(H,22,25). The van der Waals surface area contributed by atoms with Crippen molar-refractivity contribution in [2.24, 2.45) is 0 Å². The molecule has 0 fully saturated rings. The molecule has 0 aliphatic rings. The predicted molar refractivity (Wildman–Crippen MR) is 107 cm³/mol. The maximum atomic E-state index is 12.7. The summed E-state index contributed by atoms with van der Waals surface area (Å²) in [5, 5.41) is 17.6. The maximum Gasteiger partial charge on any atom is 0.293 e. The summed E-state index contributed by atoms with van der Waals surface area (Å²) in [4.78, 5) is 23.4. The van der Waals surface area contributed by atoms with Gasteiger partial charge in [-0.15, -0.1) is 0 Å². The minimum atomic E-state index is -0.603. The lowest BCUT2D eigenvalue weighted by atomic mass is 10.1. The van der Waals surface area contributed by atoms with Crippen molar-refractivity contribution >= 4 is 17.3 Å². The molecule has 1 heterocycles. The number of aromatic nitrogens is 1. The Bertz CT molecular complexity index is 1040. The lowest BCUT2D eigenvalue weighted by molar-refractivity contribution is -0.384. The first-order chi connectivity index (χ1) is 13.9. The normalized spacial score (nSPS) is 10.6. The molecule has 150 valence electrons. The van der Waals surface area contributed by atoms with Crippen molar-refractivity contribution in [3.05, 3.63) is 80.7 Å². The Kier molecular flexibility index (Phi) is 5.92. The van der Waals surface area contributed by atoms with Crippen molar-refractivity contribution < 1.29 is 19.0 Å². The van der Waals surface area contributed by atoms with Crippen LogP contribution in [0, 0.1) is 24.0 Å². The van der Waals surface area contributed by atoms with Gasteiger partial charge in [-0.3, -0.25) is 14.9 Å². The van der Waals surface area contributed by atoms with Gasteiger partial charge in [-0.05, 0) is 49.6 Å². The van der Waals surface area contributed by atoms with E-state index in [0.29, 0.717) is 17.1 Å². The van der Waals surface area contributed by atoms with Crippen molar-refractivity contribution in [1.29, 1.82) is 0 Å². The Balaban J connectivity index is 1.78. The van der Waals surface area contributed by atoms with Gasteiger partial charge in [-0.1, -0.05) is 30.3 Å². The monoisotopic (exact) mass is 395 g/mol. The van der Waals surface area contributed by atoms with E-state index < -0.39 is 10.8 Å². The molecule has 1 aromatic heterocycles. The Labute approximate surface area is 167 Å². The highest BCUT2D eigenvalue weighted by molar-refractivity contribution is 6.05. The number of rotatable bonds is 7. The van der Waals surface area contributed by atoms with Crippen LogP contribution >= 0.6 is 0 Å².